The van der Waals surface area contributed by atoms with Crippen molar-refractivity contribution in [1.82, 2.24) is 9.62 Å². The van der Waals surface area contributed by atoms with Gasteiger partial charge < -0.3 is 4.74 Å². The van der Waals surface area contributed by atoms with Crippen LogP contribution in [-0.2, 0) is 14.8 Å². The zero-order chi connectivity index (χ0) is 15.5. The molecule has 5 nitrogen and oxygen atoms in total. The van der Waals surface area contributed by atoms with Gasteiger partial charge >= 0.3 is 0 Å². The highest BCUT2D eigenvalue weighted by Gasteiger charge is 2.22. The summed E-state index contributed by atoms with van der Waals surface area (Å²) < 4.78 is 58.0. The lowest BCUT2D eigenvalue weighted by molar-refractivity contribution is 0.0213. The van der Waals surface area contributed by atoms with E-state index in [9.17, 15) is 17.2 Å². The molecule has 1 N–H and O–H groups in total. The monoisotopic (exact) mass is 320 g/mol. The molecule has 1 aliphatic heterocycles. The highest BCUT2D eigenvalue weighted by molar-refractivity contribution is 7.89. The number of ether oxygens (including phenoxy) is 1. The Balaban J connectivity index is 2.00. The van der Waals surface area contributed by atoms with Gasteiger partial charge in [-0.15, -0.1) is 0 Å². The molecule has 118 valence electrons. The number of benzene rings is 1. The van der Waals surface area contributed by atoms with Gasteiger partial charge in [0.1, 0.15) is 16.5 Å². The minimum atomic E-state index is -3.99. The fourth-order valence-electron chi connectivity index (χ4n) is 2.15. The van der Waals surface area contributed by atoms with E-state index in [-0.39, 0.29) is 12.6 Å². The van der Waals surface area contributed by atoms with Gasteiger partial charge in [-0.05, 0) is 19.1 Å². The molecular weight excluding hydrogens is 302 g/mol. The summed E-state index contributed by atoms with van der Waals surface area (Å²) in [5.74, 6) is -1.91. The third kappa shape index (κ3) is 4.19. The van der Waals surface area contributed by atoms with E-state index in [1.165, 1.54) is 0 Å². The first-order valence-corrected chi connectivity index (χ1v) is 8.15. The average Bonchev–Trinajstić information content (AvgIpc) is 2.45. The molecule has 1 saturated heterocycles. The summed E-state index contributed by atoms with van der Waals surface area (Å²) in [5, 5.41) is 0. The molecule has 2 rings (SSSR count). The molecule has 1 aliphatic rings. The number of hydrogen-bond acceptors (Lipinski definition) is 4. The van der Waals surface area contributed by atoms with Crippen LogP contribution in [0, 0.1) is 11.6 Å². The third-order valence-electron chi connectivity index (χ3n) is 3.42. The molecule has 1 aromatic rings. The number of hydrogen-bond donors (Lipinski definition) is 1. The molecule has 0 saturated carbocycles. The number of sulfonamides is 1. The van der Waals surface area contributed by atoms with Gasteiger partial charge in [0.05, 0.1) is 13.2 Å². The van der Waals surface area contributed by atoms with Crippen molar-refractivity contribution in [1.29, 1.82) is 0 Å². The Kier molecular flexibility index (Phi) is 5.26. The molecule has 21 heavy (non-hydrogen) atoms. The van der Waals surface area contributed by atoms with Crippen molar-refractivity contribution in [3.8, 4) is 0 Å². The number of halogens is 2. The van der Waals surface area contributed by atoms with Crippen LogP contribution < -0.4 is 4.72 Å². The molecule has 8 heteroatoms. The second-order valence-corrected chi connectivity index (χ2v) is 6.66. The first-order chi connectivity index (χ1) is 9.90. The lowest BCUT2D eigenvalue weighted by Crippen LogP contribution is -2.47. The molecule has 0 amide bonds. The van der Waals surface area contributed by atoms with E-state index in [1.807, 2.05) is 6.92 Å². The van der Waals surface area contributed by atoms with Crippen molar-refractivity contribution in [2.75, 3.05) is 32.8 Å². The fourth-order valence-corrected chi connectivity index (χ4v) is 3.33. The molecule has 1 heterocycles. The molecule has 0 aliphatic carbocycles. The Morgan fingerprint density at radius 1 is 1.33 bits per heavy atom. The van der Waals surface area contributed by atoms with Crippen LogP contribution in [0.5, 0.6) is 0 Å². The second kappa shape index (κ2) is 6.78. The number of rotatable bonds is 5. The van der Waals surface area contributed by atoms with Gasteiger partial charge in [0.2, 0.25) is 10.0 Å². The maximum atomic E-state index is 13.5. The first-order valence-electron chi connectivity index (χ1n) is 6.66. The number of nitrogens with zero attached hydrogens (tertiary/aromatic N) is 1. The Labute approximate surface area is 122 Å². The van der Waals surface area contributed by atoms with E-state index in [0.29, 0.717) is 19.3 Å². The second-order valence-electron chi connectivity index (χ2n) is 4.92. The van der Waals surface area contributed by atoms with Gasteiger partial charge in [-0.25, -0.2) is 21.9 Å². The van der Waals surface area contributed by atoms with Crippen molar-refractivity contribution in [3.63, 3.8) is 0 Å². The normalized spacial score (nSPS) is 18.6. The van der Waals surface area contributed by atoms with E-state index in [2.05, 4.69) is 9.62 Å². The van der Waals surface area contributed by atoms with Gasteiger partial charge in [-0.3, -0.25) is 4.90 Å². The Morgan fingerprint density at radius 3 is 2.62 bits per heavy atom. The van der Waals surface area contributed by atoms with Crippen LogP contribution >= 0.6 is 0 Å². The maximum absolute atomic E-state index is 13.5. The molecule has 0 radical (unpaired) electrons. The molecule has 1 atom stereocenters. The largest absolute Gasteiger partial charge is 0.379 e. The van der Waals surface area contributed by atoms with Crippen LogP contribution in [0.3, 0.4) is 0 Å². The average molecular weight is 320 g/mol. The number of morpholine rings is 1. The van der Waals surface area contributed by atoms with Crippen LogP contribution in [0.1, 0.15) is 6.92 Å². The molecule has 1 aromatic carbocycles. The van der Waals surface area contributed by atoms with Crippen molar-refractivity contribution in [3.05, 3.63) is 29.8 Å². The third-order valence-corrected chi connectivity index (χ3v) is 4.88. The summed E-state index contributed by atoms with van der Waals surface area (Å²) in [6, 6.07) is 2.36. The first kappa shape index (κ1) is 16.3. The predicted octanol–water partition coefficient (Wildman–Crippen LogP) is 0.964. The minimum Gasteiger partial charge on any atom is -0.379 e. The van der Waals surface area contributed by atoms with Gasteiger partial charge in [-0.2, -0.15) is 0 Å². The SMILES string of the molecule is C[C@@H](CNS(=O)(=O)c1ccc(F)cc1F)N1CCOCC1. The Bertz CT molecular complexity index is 589. The predicted molar refractivity (Wildman–Crippen MR) is 73.4 cm³/mol. The molecule has 0 aromatic heterocycles. The van der Waals surface area contributed by atoms with Crippen LogP contribution in [0.4, 0.5) is 8.78 Å². The minimum absolute atomic E-state index is 0.0350. The van der Waals surface area contributed by atoms with Crippen molar-refractivity contribution >= 4 is 10.0 Å². The van der Waals surface area contributed by atoms with Gasteiger partial charge in [0.25, 0.3) is 0 Å². The topological polar surface area (TPSA) is 58.6 Å². The van der Waals surface area contributed by atoms with E-state index >= 15 is 0 Å². The standard InChI is InChI=1S/C13H18F2N2O3S/c1-10(17-4-6-20-7-5-17)9-16-21(18,19)13-3-2-11(14)8-12(13)15/h2-3,8,10,16H,4-7,9H2,1H3/t10-/m0/s1. The van der Waals surface area contributed by atoms with Crippen LogP contribution in [0.25, 0.3) is 0 Å². The molecule has 1 fully saturated rings. The van der Waals surface area contributed by atoms with Crippen LogP contribution in [-0.4, -0.2) is 52.2 Å². The lowest BCUT2D eigenvalue weighted by atomic mass is 10.2. The fraction of sp³-hybridized carbons (Fsp3) is 0.538. The quantitative estimate of drug-likeness (QED) is 0.878. The highest BCUT2D eigenvalue weighted by atomic mass is 32.2. The van der Waals surface area contributed by atoms with E-state index < -0.39 is 26.6 Å². The Morgan fingerprint density at radius 2 is 2.00 bits per heavy atom. The zero-order valence-electron chi connectivity index (χ0n) is 11.7. The van der Waals surface area contributed by atoms with Crippen molar-refractivity contribution < 1.29 is 21.9 Å². The van der Waals surface area contributed by atoms with E-state index in [4.69, 9.17) is 4.74 Å². The maximum Gasteiger partial charge on any atom is 0.243 e. The van der Waals surface area contributed by atoms with E-state index in [0.717, 1.165) is 25.2 Å². The van der Waals surface area contributed by atoms with Crippen molar-refractivity contribution in [2.24, 2.45) is 0 Å². The van der Waals surface area contributed by atoms with Gasteiger partial charge in [0, 0.05) is 31.7 Å². The molecule has 0 bridgehead atoms. The summed E-state index contributed by atoms with van der Waals surface area (Å²) in [4.78, 5) is 1.55. The Hall–Kier alpha value is -1.09. The summed E-state index contributed by atoms with van der Waals surface area (Å²) in [6.07, 6.45) is 0. The van der Waals surface area contributed by atoms with Crippen LogP contribution in [0.2, 0.25) is 0 Å². The van der Waals surface area contributed by atoms with Gasteiger partial charge in [-0.1, -0.05) is 0 Å². The van der Waals surface area contributed by atoms with Crippen molar-refractivity contribution in [2.45, 2.75) is 17.9 Å². The highest BCUT2D eigenvalue weighted by Crippen LogP contribution is 2.15. The van der Waals surface area contributed by atoms with E-state index in [1.54, 1.807) is 0 Å². The number of nitrogens with one attached hydrogen (secondary N) is 1. The summed E-state index contributed by atoms with van der Waals surface area (Å²) in [6.45, 7) is 4.73. The summed E-state index contributed by atoms with van der Waals surface area (Å²) in [7, 11) is -3.99. The molecular formula is C13H18F2N2O3S. The summed E-state index contributed by atoms with van der Waals surface area (Å²) in [5.41, 5.74) is 0. The smallest absolute Gasteiger partial charge is 0.243 e. The summed E-state index contributed by atoms with van der Waals surface area (Å²) >= 11 is 0. The molecule has 0 spiro atoms. The van der Waals surface area contributed by atoms with Crippen LogP contribution in [0.15, 0.2) is 23.1 Å². The van der Waals surface area contributed by atoms with Gasteiger partial charge in [0.15, 0.2) is 0 Å². The zero-order valence-corrected chi connectivity index (χ0v) is 12.5. The molecule has 0 unspecified atom stereocenters. The lowest BCUT2D eigenvalue weighted by Gasteiger charge is -2.32.